The Morgan fingerprint density at radius 2 is 1.82 bits per heavy atom. The van der Waals surface area contributed by atoms with Gasteiger partial charge in [0.2, 0.25) is 5.91 Å². The number of rotatable bonds is 3. The van der Waals surface area contributed by atoms with Gasteiger partial charge in [0.1, 0.15) is 0 Å². The van der Waals surface area contributed by atoms with Gasteiger partial charge in [-0.25, -0.2) is 0 Å². The molecule has 1 aliphatic carbocycles. The lowest BCUT2D eigenvalue weighted by molar-refractivity contribution is -0.128. The van der Waals surface area contributed by atoms with E-state index >= 15 is 0 Å². The van der Waals surface area contributed by atoms with Crippen LogP contribution in [0.3, 0.4) is 0 Å². The maximum atomic E-state index is 11.6. The third-order valence-electron chi connectivity index (χ3n) is 3.80. The number of hydrogen-bond acceptors (Lipinski definition) is 2. The minimum atomic E-state index is -0.00259. The summed E-state index contributed by atoms with van der Waals surface area (Å²) in [4.78, 5) is 24.6. The number of amides is 1. The summed E-state index contributed by atoms with van der Waals surface area (Å²) >= 11 is 0. The number of ketones is 1. The lowest BCUT2D eigenvalue weighted by Crippen LogP contribution is -2.33. The van der Waals surface area contributed by atoms with Crippen LogP contribution in [-0.4, -0.2) is 29.7 Å². The molecule has 3 rings (SSSR count). The van der Waals surface area contributed by atoms with Crippen molar-refractivity contribution in [1.29, 1.82) is 0 Å². The second-order valence-electron chi connectivity index (χ2n) is 5.11. The van der Waals surface area contributed by atoms with Crippen molar-refractivity contribution in [2.24, 2.45) is 0 Å². The van der Waals surface area contributed by atoms with Gasteiger partial charge in [0.05, 0.1) is 13.0 Å². The van der Waals surface area contributed by atoms with Crippen LogP contribution in [0.15, 0.2) is 30.3 Å². The maximum Gasteiger partial charge on any atom is 0.230 e. The highest BCUT2D eigenvalue weighted by Crippen LogP contribution is 2.48. The molecule has 2 aliphatic rings. The molecule has 88 valence electrons. The van der Waals surface area contributed by atoms with Gasteiger partial charge in [-0.15, -0.1) is 0 Å². The number of nitrogens with zero attached hydrogens (tertiary/aromatic N) is 1. The van der Waals surface area contributed by atoms with Crippen LogP contribution in [0.2, 0.25) is 0 Å². The highest BCUT2D eigenvalue weighted by Gasteiger charge is 2.47. The predicted octanol–water partition coefficient (Wildman–Crippen LogP) is 1.52. The number of carbonyl (C=O) groups is 2. The first-order valence-electron chi connectivity index (χ1n) is 6.05. The summed E-state index contributed by atoms with van der Waals surface area (Å²) in [5.74, 6) is 0.0519. The van der Waals surface area contributed by atoms with Gasteiger partial charge in [-0.2, -0.15) is 0 Å². The largest absolute Gasteiger partial charge is 0.334 e. The minimum absolute atomic E-state index is 0.00259. The first kappa shape index (κ1) is 10.5. The molecular formula is C14H15NO2. The third-order valence-corrected chi connectivity index (χ3v) is 3.80. The average molecular weight is 229 g/mol. The first-order chi connectivity index (χ1) is 8.20. The molecule has 1 aliphatic heterocycles. The molecule has 0 aromatic heterocycles. The number of Topliss-reactive ketones (excluding diaryl/α,β-unsaturated/α-hetero) is 1. The Balaban J connectivity index is 1.77. The van der Waals surface area contributed by atoms with E-state index < -0.39 is 0 Å². The Kier molecular flexibility index (Phi) is 2.28. The van der Waals surface area contributed by atoms with Crippen LogP contribution in [-0.2, 0) is 15.0 Å². The smallest absolute Gasteiger partial charge is 0.230 e. The van der Waals surface area contributed by atoms with Crippen LogP contribution in [0.1, 0.15) is 24.8 Å². The molecule has 0 bridgehead atoms. The molecule has 2 fully saturated rings. The molecule has 0 unspecified atom stereocenters. The van der Waals surface area contributed by atoms with Crippen LogP contribution >= 0.6 is 0 Å². The van der Waals surface area contributed by atoms with E-state index in [-0.39, 0.29) is 23.5 Å². The predicted molar refractivity (Wildman–Crippen MR) is 63.6 cm³/mol. The van der Waals surface area contributed by atoms with Crippen molar-refractivity contribution >= 4 is 11.7 Å². The van der Waals surface area contributed by atoms with Crippen molar-refractivity contribution in [2.75, 3.05) is 13.1 Å². The summed E-state index contributed by atoms with van der Waals surface area (Å²) < 4.78 is 0. The molecule has 1 amide bonds. The number of carbonyl (C=O) groups excluding carboxylic acids is 2. The highest BCUT2D eigenvalue weighted by molar-refractivity contribution is 6.05. The normalized spacial score (nSPS) is 22.0. The molecule has 1 heterocycles. The summed E-state index contributed by atoms with van der Waals surface area (Å²) in [5.41, 5.74) is 1.42. The van der Waals surface area contributed by atoms with Crippen molar-refractivity contribution in [3.63, 3.8) is 0 Å². The average Bonchev–Trinajstić information content (AvgIpc) is 3.03. The molecule has 0 radical (unpaired) electrons. The SMILES string of the molecule is O=C1CC(=O)N(CC2(c3ccccc3)CC2)C1. The molecule has 1 saturated heterocycles. The van der Waals surface area contributed by atoms with Gasteiger partial charge >= 0.3 is 0 Å². The zero-order valence-corrected chi connectivity index (χ0v) is 9.69. The van der Waals surface area contributed by atoms with E-state index in [1.807, 2.05) is 18.2 Å². The van der Waals surface area contributed by atoms with Gasteiger partial charge in [-0.3, -0.25) is 9.59 Å². The lowest BCUT2D eigenvalue weighted by atomic mass is 9.95. The monoisotopic (exact) mass is 229 g/mol. The molecular weight excluding hydrogens is 214 g/mol. The fourth-order valence-electron chi connectivity index (χ4n) is 2.63. The Labute approximate surface area is 100 Å². The summed E-state index contributed by atoms with van der Waals surface area (Å²) in [7, 11) is 0. The molecule has 3 nitrogen and oxygen atoms in total. The molecule has 1 aromatic carbocycles. The van der Waals surface area contributed by atoms with Crippen LogP contribution in [0, 0.1) is 0 Å². The van der Waals surface area contributed by atoms with Crippen molar-refractivity contribution < 1.29 is 9.59 Å². The third kappa shape index (κ3) is 1.86. The van der Waals surface area contributed by atoms with E-state index in [0.717, 1.165) is 12.8 Å². The summed E-state index contributed by atoms with van der Waals surface area (Å²) in [6, 6.07) is 10.3. The zero-order valence-electron chi connectivity index (χ0n) is 9.69. The van der Waals surface area contributed by atoms with E-state index in [2.05, 4.69) is 12.1 Å². The quantitative estimate of drug-likeness (QED) is 0.737. The minimum Gasteiger partial charge on any atom is -0.334 e. The van der Waals surface area contributed by atoms with Gasteiger partial charge in [-0.05, 0) is 18.4 Å². The molecule has 1 saturated carbocycles. The van der Waals surface area contributed by atoms with Crippen LogP contribution < -0.4 is 0 Å². The summed E-state index contributed by atoms with van der Waals surface area (Å²) in [5, 5.41) is 0. The first-order valence-corrected chi connectivity index (χ1v) is 6.05. The lowest BCUT2D eigenvalue weighted by Gasteiger charge is -2.23. The zero-order chi connectivity index (χ0) is 11.9. The van der Waals surface area contributed by atoms with Gasteiger partial charge in [0.25, 0.3) is 0 Å². The molecule has 0 spiro atoms. The molecule has 0 atom stereocenters. The van der Waals surface area contributed by atoms with Gasteiger partial charge in [-0.1, -0.05) is 30.3 Å². The van der Waals surface area contributed by atoms with Crippen LogP contribution in [0.4, 0.5) is 0 Å². The van der Waals surface area contributed by atoms with Gasteiger partial charge in [0.15, 0.2) is 5.78 Å². The fourth-order valence-corrected chi connectivity index (χ4v) is 2.63. The molecule has 17 heavy (non-hydrogen) atoms. The van der Waals surface area contributed by atoms with Crippen molar-refractivity contribution in [3.8, 4) is 0 Å². The second kappa shape index (κ2) is 3.69. The van der Waals surface area contributed by atoms with Crippen LogP contribution in [0.5, 0.6) is 0 Å². The van der Waals surface area contributed by atoms with E-state index in [4.69, 9.17) is 0 Å². The van der Waals surface area contributed by atoms with E-state index in [0.29, 0.717) is 13.1 Å². The summed E-state index contributed by atoms with van der Waals surface area (Å²) in [6.07, 6.45) is 2.34. The van der Waals surface area contributed by atoms with Crippen molar-refractivity contribution in [3.05, 3.63) is 35.9 Å². The second-order valence-corrected chi connectivity index (χ2v) is 5.11. The number of hydrogen-bond donors (Lipinski definition) is 0. The highest BCUT2D eigenvalue weighted by atomic mass is 16.2. The Morgan fingerprint density at radius 3 is 2.35 bits per heavy atom. The van der Waals surface area contributed by atoms with Crippen molar-refractivity contribution in [1.82, 2.24) is 4.90 Å². The van der Waals surface area contributed by atoms with E-state index in [1.165, 1.54) is 5.56 Å². The Morgan fingerprint density at radius 1 is 1.12 bits per heavy atom. The van der Waals surface area contributed by atoms with Crippen LogP contribution in [0.25, 0.3) is 0 Å². The topological polar surface area (TPSA) is 37.4 Å². The van der Waals surface area contributed by atoms with E-state index in [1.54, 1.807) is 4.90 Å². The fraction of sp³-hybridized carbons (Fsp3) is 0.429. The van der Waals surface area contributed by atoms with Gasteiger partial charge in [0, 0.05) is 12.0 Å². The Hall–Kier alpha value is -1.64. The van der Waals surface area contributed by atoms with E-state index in [9.17, 15) is 9.59 Å². The van der Waals surface area contributed by atoms with Crippen molar-refractivity contribution in [2.45, 2.75) is 24.7 Å². The maximum absolute atomic E-state index is 11.6. The number of benzene rings is 1. The molecule has 1 aromatic rings. The number of likely N-dealkylation sites (tertiary alicyclic amines) is 1. The molecule has 3 heteroatoms. The molecule has 0 N–H and O–H groups in total. The van der Waals surface area contributed by atoms with Gasteiger partial charge < -0.3 is 4.90 Å². The Bertz CT molecular complexity index is 462. The summed E-state index contributed by atoms with van der Waals surface area (Å²) in [6.45, 7) is 1.02. The standard InChI is InChI=1S/C14H15NO2/c16-12-8-13(17)15(9-12)10-14(6-7-14)11-4-2-1-3-5-11/h1-5H,6-10H2.